The normalized spacial score (nSPS) is 13.2. The zero-order chi connectivity index (χ0) is 17.0. The first kappa shape index (κ1) is 17.9. The fraction of sp³-hybridized carbons (Fsp3) is 0.562. The van der Waals surface area contributed by atoms with Crippen molar-refractivity contribution in [1.29, 1.82) is 0 Å². The molecule has 1 aromatic rings. The van der Waals surface area contributed by atoms with Crippen LogP contribution in [0, 0.1) is 5.41 Å². The largest absolute Gasteiger partial charge is 0.444 e. The van der Waals surface area contributed by atoms with E-state index in [4.69, 9.17) is 4.74 Å². The highest BCUT2D eigenvalue weighted by molar-refractivity contribution is 5.97. The lowest BCUT2D eigenvalue weighted by molar-refractivity contribution is -0.120. The number of ether oxygens (including phenoxy) is 1. The third-order valence-corrected chi connectivity index (χ3v) is 2.74. The van der Waals surface area contributed by atoms with Crippen molar-refractivity contribution in [3.05, 3.63) is 24.5 Å². The highest BCUT2D eigenvalue weighted by atomic mass is 16.6. The average Bonchev–Trinajstić information content (AvgIpc) is 2.33. The molecule has 6 heteroatoms. The van der Waals surface area contributed by atoms with Crippen molar-refractivity contribution in [3.63, 3.8) is 0 Å². The SMILES string of the molecule is CC(C)(C)OC(=O)N[C@H](C(=O)Nc1ccncc1)C(C)(C)C. The van der Waals surface area contributed by atoms with Crippen molar-refractivity contribution in [2.45, 2.75) is 53.2 Å². The fourth-order valence-corrected chi connectivity index (χ4v) is 1.75. The van der Waals surface area contributed by atoms with Gasteiger partial charge in [-0.2, -0.15) is 0 Å². The first-order chi connectivity index (χ1) is 9.99. The molecule has 1 rings (SSSR count). The third-order valence-electron chi connectivity index (χ3n) is 2.74. The maximum absolute atomic E-state index is 12.5. The number of carbonyl (C=O) groups excluding carboxylic acids is 2. The molecular formula is C16H25N3O3. The monoisotopic (exact) mass is 307 g/mol. The first-order valence-electron chi connectivity index (χ1n) is 7.19. The minimum atomic E-state index is -0.726. The Bertz CT molecular complexity index is 516. The van der Waals surface area contributed by atoms with Crippen LogP contribution in [0.3, 0.4) is 0 Å². The zero-order valence-corrected chi connectivity index (χ0v) is 14.1. The summed E-state index contributed by atoms with van der Waals surface area (Å²) in [5, 5.41) is 5.41. The summed E-state index contributed by atoms with van der Waals surface area (Å²) >= 11 is 0. The van der Waals surface area contributed by atoms with Gasteiger partial charge in [-0.3, -0.25) is 9.78 Å². The van der Waals surface area contributed by atoms with Crippen LogP contribution in [0.5, 0.6) is 0 Å². The average molecular weight is 307 g/mol. The topological polar surface area (TPSA) is 80.3 Å². The fourth-order valence-electron chi connectivity index (χ4n) is 1.75. The van der Waals surface area contributed by atoms with Gasteiger partial charge >= 0.3 is 6.09 Å². The van der Waals surface area contributed by atoms with Crippen LogP contribution in [0.1, 0.15) is 41.5 Å². The summed E-state index contributed by atoms with van der Waals surface area (Å²) < 4.78 is 5.22. The molecule has 2 amide bonds. The Kier molecular flexibility index (Phi) is 5.52. The molecule has 0 aromatic carbocycles. The van der Waals surface area contributed by atoms with Crippen LogP contribution in [-0.4, -0.2) is 28.6 Å². The molecule has 0 radical (unpaired) electrons. The molecule has 122 valence electrons. The van der Waals surface area contributed by atoms with E-state index in [1.54, 1.807) is 45.3 Å². The summed E-state index contributed by atoms with van der Waals surface area (Å²) in [6.45, 7) is 10.9. The highest BCUT2D eigenvalue weighted by Crippen LogP contribution is 2.21. The number of anilines is 1. The Morgan fingerprint density at radius 1 is 1.09 bits per heavy atom. The maximum Gasteiger partial charge on any atom is 0.408 e. The van der Waals surface area contributed by atoms with E-state index in [1.807, 2.05) is 20.8 Å². The van der Waals surface area contributed by atoms with Gasteiger partial charge in [0.25, 0.3) is 0 Å². The van der Waals surface area contributed by atoms with Gasteiger partial charge in [-0.1, -0.05) is 20.8 Å². The summed E-state index contributed by atoms with van der Waals surface area (Å²) in [6.07, 6.45) is 2.56. The Morgan fingerprint density at radius 2 is 1.64 bits per heavy atom. The standard InChI is InChI=1S/C16H25N3O3/c1-15(2,3)12(19-14(21)22-16(4,5)6)13(20)18-11-7-9-17-10-8-11/h7-10,12H,1-6H3,(H,19,21)(H,17,18,20)/t12-/m1/s1. The van der Waals surface area contributed by atoms with E-state index in [-0.39, 0.29) is 5.91 Å². The molecule has 0 aliphatic rings. The second kappa shape index (κ2) is 6.77. The van der Waals surface area contributed by atoms with Crippen LogP contribution in [-0.2, 0) is 9.53 Å². The summed E-state index contributed by atoms with van der Waals surface area (Å²) in [6, 6.07) is 2.64. The van der Waals surface area contributed by atoms with Gasteiger partial charge in [-0.05, 0) is 38.3 Å². The lowest BCUT2D eigenvalue weighted by Crippen LogP contribution is -2.52. The molecule has 1 aromatic heterocycles. The zero-order valence-electron chi connectivity index (χ0n) is 14.1. The van der Waals surface area contributed by atoms with Gasteiger partial charge < -0.3 is 15.4 Å². The van der Waals surface area contributed by atoms with Crippen molar-refractivity contribution < 1.29 is 14.3 Å². The number of nitrogens with one attached hydrogen (secondary N) is 2. The number of hydrogen-bond donors (Lipinski definition) is 2. The van der Waals surface area contributed by atoms with E-state index in [9.17, 15) is 9.59 Å². The molecule has 0 saturated heterocycles. The maximum atomic E-state index is 12.5. The summed E-state index contributed by atoms with van der Waals surface area (Å²) in [5.41, 5.74) is -0.456. The highest BCUT2D eigenvalue weighted by Gasteiger charge is 2.34. The van der Waals surface area contributed by atoms with E-state index >= 15 is 0 Å². The van der Waals surface area contributed by atoms with E-state index in [0.29, 0.717) is 5.69 Å². The molecule has 0 fully saturated rings. The van der Waals surface area contributed by atoms with Gasteiger partial charge in [0.2, 0.25) is 5.91 Å². The van der Waals surface area contributed by atoms with Gasteiger partial charge in [0.15, 0.2) is 0 Å². The minimum absolute atomic E-state index is 0.301. The number of alkyl carbamates (subject to hydrolysis) is 1. The molecule has 1 heterocycles. The Labute approximate surface area is 131 Å². The quantitative estimate of drug-likeness (QED) is 0.899. The van der Waals surface area contributed by atoms with E-state index in [2.05, 4.69) is 15.6 Å². The molecule has 0 saturated carbocycles. The molecule has 0 aliphatic heterocycles. The number of hydrogen-bond acceptors (Lipinski definition) is 4. The minimum Gasteiger partial charge on any atom is -0.444 e. The van der Waals surface area contributed by atoms with E-state index in [0.717, 1.165) is 0 Å². The van der Waals surface area contributed by atoms with Gasteiger partial charge in [0, 0.05) is 18.1 Å². The van der Waals surface area contributed by atoms with Crippen LogP contribution in [0.2, 0.25) is 0 Å². The molecule has 0 bridgehead atoms. The lowest BCUT2D eigenvalue weighted by Gasteiger charge is -2.31. The van der Waals surface area contributed by atoms with Crippen LogP contribution in [0.15, 0.2) is 24.5 Å². The second-order valence-corrected chi connectivity index (χ2v) is 7.17. The second-order valence-electron chi connectivity index (χ2n) is 7.17. The first-order valence-corrected chi connectivity index (χ1v) is 7.19. The number of rotatable bonds is 3. The van der Waals surface area contributed by atoms with Crippen LogP contribution < -0.4 is 10.6 Å². The molecule has 0 aliphatic carbocycles. The Balaban J connectivity index is 2.81. The molecule has 0 spiro atoms. The summed E-state index contributed by atoms with van der Waals surface area (Å²) in [4.78, 5) is 28.3. The van der Waals surface area contributed by atoms with Gasteiger partial charge in [0.1, 0.15) is 11.6 Å². The number of amides is 2. The van der Waals surface area contributed by atoms with E-state index in [1.165, 1.54) is 0 Å². The van der Waals surface area contributed by atoms with Gasteiger partial charge in [-0.25, -0.2) is 4.79 Å². The van der Waals surface area contributed by atoms with Crippen LogP contribution >= 0.6 is 0 Å². The molecule has 0 unspecified atom stereocenters. The predicted molar refractivity (Wildman–Crippen MR) is 85.5 cm³/mol. The Hall–Kier alpha value is -2.11. The lowest BCUT2D eigenvalue weighted by atomic mass is 9.86. The van der Waals surface area contributed by atoms with Crippen molar-refractivity contribution in [2.75, 3.05) is 5.32 Å². The van der Waals surface area contributed by atoms with E-state index < -0.39 is 23.2 Å². The van der Waals surface area contributed by atoms with Crippen molar-refractivity contribution >= 4 is 17.7 Å². The molecule has 2 N–H and O–H groups in total. The van der Waals surface area contributed by atoms with Crippen molar-refractivity contribution in [3.8, 4) is 0 Å². The number of aromatic nitrogens is 1. The molecule has 1 atom stereocenters. The van der Waals surface area contributed by atoms with Crippen molar-refractivity contribution in [2.24, 2.45) is 5.41 Å². The predicted octanol–water partition coefficient (Wildman–Crippen LogP) is 2.96. The molecule has 22 heavy (non-hydrogen) atoms. The van der Waals surface area contributed by atoms with Gasteiger partial charge in [-0.15, -0.1) is 0 Å². The number of carbonyl (C=O) groups is 2. The summed E-state index contributed by atoms with van der Waals surface area (Å²) in [7, 11) is 0. The Morgan fingerprint density at radius 3 is 2.09 bits per heavy atom. The smallest absolute Gasteiger partial charge is 0.408 e. The number of pyridine rings is 1. The molecule has 6 nitrogen and oxygen atoms in total. The summed E-state index contributed by atoms with van der Waals surface area (Å²) in [5.74, 6) is -0.301. The van der Waals surface area contributed by atoms with Crippen molar-refractivity contribution in [1.82, 2.24) is 10.3 Å². The molecular weight excluding hydrogens is 282 g/mol. The van der Waals surface area contributed by atoms with Crippen LogP contribution in [0.4, 0.5) is 10.5 Å². The number of nitrogens with zero attached hydrogens (tertiary/aromatic N) is 1. The third kappa shape index (κ3) is 6.11. The van der Waals surface area contributed by atoms with Crippen LogP contribution in [0.25, 0.3) is 0 Å². The van der Waals surface area contributed by atoms with Gasteiger partial charge in [0.05, 0.1) is 0 Å².